The molecule has 0 spiro atoms. The van der Waals surface area contributed by atoms with E-state index >= 15 is 0 Å². The molecule has 7 nitrogen and oxygen atoms in total. The monoisotopic (exact) mass is 395 g/mol. The highest BCUT2D eigenvalue weighted by atomic mass is 32.2. The molecule has 3 rings (SSSR count). The summed E-state index contributed by atoms with van der Waals surface area (Å²) in [7, 11) is 0. The molecule has 2 N–H and O–H groups in total. The van der Waals surface area contributed by atoms with Crippen LogP contribution in [0.1, 0.15) is 6.92 Å². The third-order valence-electron chi connectivity index (χ3n) is 3.83. The zero-order valence-corrected chi connectivity index (χ0v) is 16.3. The number of benzene rings is 2. The van der Waals surface area contributed by atoms with Crippen molar-refractivity contribution in [3.05, 3.63) is 60.7 Å². The molecule has 28 heavy (non-hydrogen) atoms. The molecule has 1 heterocycles. The van der Waals surface area contributed by atoms with Gasteiger partial charge in [0.1, 0.15) is 0 Å². The fourth-order valence-corrected chi connectivity index (χ4v) is 3.35. The van der Waals surface area contributed by atoms with Crippen molar-refractivity contribution >= 4 is 23.6 Å². The van der Waals surface area contributed by atoms with E-state index in [-0.39, 0.29) is 17.6 Å². The first-order valence-electron chi connectivity index (χ1n) is 8.85. The van der Waals surface area contributed by atoms with Crippen molar-refractivity contribution in [1.82, 2.24) is 25.4 Å². The van der Waals surface area contributed by atoms with Gasteiger partial charge in [-0.3, -0.25) is 14.2 Å². The Balaban J connectivity index is 1.74. The minimum absolute atomic E-state index is 0.118. The summed E-state index contributed by atoms with van der Waals surface area (Å²) in [6.07, 6.45) is 0. The molecule has 144 valence electrons. The van der Waals surface area contributed by atoms with Gasteiger partial charge in [-0.15, -0.1) is 10.2 Å². The van der Waals surface area contributed by atoms with Gasteiger partial charge in [0, 0.05) is 31.3 Å². The molecule has 0 saturated carbocycles. The Kier molecular flexibility index (Phi) is 6.80. The van der Waals surface area contributed by atoms with E-state index in [9.17, 15) is 9.59 Å². The SMILES string of the molecule is CC(=O)NCCNC(=O)CSc1nnc(-c2ccccc2)n1-c1ccccc1. The van der Waals surface area contributed by atoms with Crippen molar-refractivity contribution in [3.8, 4) is 17.1 Å². The molecule has 0 unspecified atom stereocenters. The lowest BCUT2D eigenvalue weighted by molar-refractivity contribution is -0.120. The summed E-state index contributed by atoms with van der Waals surface area (Å²) in [5.41, 5.74) is 1.88. The van der Waals surface area contributed by atoms with Crippen LogP contribution in [-0.4, -0.2) is 45.4 Å². The number of rotatable bonds is 8. The number of hydrogen-bond donors (Lipinski definition) is 2. The van der Waals surface area contributed by atoms with Crippen molar-refractivity contribution in [3.63, 3.8) is 0 Å². The molecular weight excluding hydrogens is 374 g/mol. The number of nitrogens with one attached hydrogen (secondary N) is 2. The van der Waals surface area contributed by atoms with E-state index in [4.69, 9.17) is 0 Å². The van der Waals surface area contributed by atoms with Crippen LogP contribution in [0.15, 0.2) is 65.8 Å². The fraction of sp³-hybridized carbons (Fsp3) is 0.200. The molecule has 0 bridgehead atoms. The van der Waals surface area contributed by atoms with Crippen LogP contribution in [0.2, 0.25) is 0 Å². The van der Waals surface area contributed by atoms with Crippen LogP contribution < -0.4 is 10.6 Å². The van der Waals surface area contributed by atoms with E-state index in [1.165, 1.54) is 18.7 Å². The molecule has 0 aliphatic heterocycles. The standard InChI is InChI=1S/C20H21N5O2S/c1-15(26)21-12-13-22-18(27)14-28-20-24-23-19(16-8-4-2-5-9-16)25(20)17-10-6-3-7-11-17/h2-11H,12-14H2,1H3,(H,21,26)(H,22,27). The van der Waals surface area contributed by atoms with Gasteiger partial charge in [0.2, 0.25) is 11.8 Å². The number of para-hydroxylation sites is 1. The molecule has 0 atom stereocenters. The Labute approximate surface area is 167 Å². The molecule has 1 aromatic heterocycles. The molecule has 3 aromatic rings. The van der Waals surface area contributed by atoms with Crippen LogP contribution in [0.25, 0.3) is 17.1 Å². The Hall–Kier alpha value is -3.13. The average molecular weight is 395 g/mol. The zero-order valence-electron chi connectivity index (χ0n) is 15.5. The second-order valence-corrected chi connectivity index (χ2v) is 6.91. The van der Waals surface area contributed by atoms with Crippen LogP contribution >= 0.6 is 11.8 Å². The number of aromatic nitrogens is 3. The first-order valence-corrected chi connectivity index (χ1v) is 9.84. The van der Waals surface area contributed by atoms with Gasteiger partial charge in [-0.2, -0.15) is 0 Å². The fourth-order valence-electron chi connectivity index (χ4n) is 2.57. The average Bonchev–Trinajstić information content (AvgIpc) is 3.15. The molecule has 0 saturated heterocycles. The van der Waals surface area contributed by atoms with E-state index < -0.39 is 0 Å². The lowest BCUT2D eigenvalue weighted by Crippen LogP contribution is -2.34. The summed E-state index contributed by atoms with van der Waals surface area (Å²) in [4.78, 5) is 22.9. The van der Waals surface area contributed by atoms with E-state index in [0.717, 1.165) is 17.1 Å². The van der Waals surface area contributed by atoms with Crippen LogP contribution in [0.5, 0.6) is 0 Å². The van der Waals surface area contributed by atoms with Gasteiger partial charge in [0.15, 0.2) is 11.0 Å². The summed E-state index contributed by atoms with van der Waals surface area (Å²) in [6.45, 7) is 2.24. The van der Waals surface area contributed by atoms with Gasteiger partial charge < -0.3 is 10.6 Å². The van der Waals surface area contributed by atoms with Gasteiger partial charge in [-0.25, -0.2) is 0 Å². The van der Waals surface area contributed by atoms with Crippen molar-refractivity contribution in [1.29, 1.82) is 0 Å². The topological polar surface area (TPSA) is 88.9 Å². The number of hydrogen-bond acceptors (Lipinski definition) is 5. The highest BCUT2D eigenvalue weighted by Crippen LogP contribution is 2.27. The number of nitrogens with zero attached hydrogens (tertiary/aromatic N) is 3. The zero-order chi connectivity index (χ0) is 19.8. The summed E-state index contributed by atoms with van der Waals surface area (Å²) in [5.74, 6) is 0.687. The summed E-state index contributed by atoms with van der Waals surface area (Å²) in [5, 5.41) is 14.7. The van der Waals surface area contributed by atoms with Gasteiger partial charge in [-0.1, -0.05) is 60.3 Å². The third kappa shape index (κ3) is 5.20. The Morgan fingerprint density at radius 2 is 1.57 bits per heavy atom. The smallest absolute Gasteiger partial charge is 0.230 e. The van der Waals surface area contributed by atoms with Crippen molar-refractivity contribution in [2.75, 3.05) is 18.8 Å². The Bertz CT molecular complexity index is 928. The van der Waals surface area contributed by atoms with E-state index in [1.54, 1.807) is 0 Å². The lowest BCUT2D eigenvalue weighted by Gasteiger charge is -2.10. The molecular formula is C20H21N5O2S. The predicted molar refractivity (Wildman–Crippen MR) is 109 cm³/mol. The molecule has 0 aliphatic rings. The van der Waals surface area contributed by atoms with E-state index in [1.807, 2.05) is 65.2 Å². The van der Waals surface area contributed by atoms with Crippen LogP contribution in [0, 0.1) is 0 Å². The maximum Gasteiger partial charge on any atom is 0.230 e. The first kappa shape index (κ1) is 19.6. The van der Waals surface area contributed by atoms with Crippen molar-refractivity contribution in [2.24, 2.45) is 0 Å². The van der Waals surface area contributed by atoms with Gasteiger partial charge in [0.05, 0.1) is 5.75 Å². The number of carbonyl (C=O) groups is 2. The van der Waals surface area contributed by atoms with Crippen LogP contribution in [0.4, 0.5) is 0 Å². The number of amides is 2. The highest BCUT2D eigenvalue weighted by molar-refractivity contribution is 7.99. The Morgan fingerprint density at radius 3 is 2.25 bits per heavy atom. The maximum atomic E-state index is 12.1. The first-order chi connectivity index (χ1) is 13.6. The minimum atomic E-state index is -0.126. The third-order valence-corrected chi connectivity index (χ3v) is 4.76. The maximum absolute atomic E-state index is 12.1. The summed E-state index contributed by atoms with van der Waals surface area (Å²) >= 11 is 1.32. The minimum Gasteiger partial charge on any atom is -0.355 e. The quantitative estimate of drug-likeness (QED) is 0.451. The predicted octanol–water partition coefficient (Wildman–Crippen LogP) is 2.28. The molecule has 0 aliphatic carbocycles. The molecule has 8 heteroatoms. The van der Waals surface area contributed by atoms with E-state index in [2.05, 4.69) is 20.8 Å². The van der Waals surface area contributed by atoms with Gasteiger partial charge >= 0.3 is 0 Å². The highest BCUT2D eigenvalue weighted by Gasteiger charge is 2.16. The van der Waals surface area contributed by atoms with E-state index in [0.29, 0.717) is 18.2 Å². The molecule has 2 aromatic carbocycles. The lowest BCUT2D eigenvalue weighted by atomic mass is 10.2. The molecule has 2 amide bonds. The second kappa shape index (κ2) is 9.70. The van der Waals surface area contributed by atoms with Crippen LogP contribution in [-0.2, 0) is 9.59 Å². The Morgan fingerprint density at radius 1 is 0.929 bits per heavy atom. The normalized spacial score (nSPS) is 10.5. The van der Waals surface area contributed by atoms with Crippen LogP contribution in [0.3, 0.4) is 0 Å². The summed E-state index contributed by atoms with van der Waals surface area (Å²) in [6, 6.07) is 19.6. The van der Waals surface area contributed by atoms with Crippen molar-refractivity contribution in [2.45, 2.75) is 12.1 Å². The number of carbonyl (C=O) groups excluding carboxylic acids is 2. The van der Waals surface area contributed by atoms with Gasteiger partial charge in [0.25, 0.3) is 0 Å². The molecule has 0 fully saturated rings. The number of thioether (sulfide) groups is 1. The summed E-state index contributed by atoms with van der Waals surface area (Å²) < 4.78 is 1.95. The largest absolute Gasteiger partial charge is 0.355 e. The molecule has 0 radical (unpaired) electrons. The van der Waals surface area contributed by atoms with Gasteiger partial charge in [-0.05, 0) is 12.1 Å². The van der Waals surface area contributed by atoms with Crippen molar-refractivity contribution < 1.29 is 9.59 Å². The second-order valence-electron chi connectivity index (χ2n) is 5.96.